The van der Waals surface area contributed by atoms with Crippen LogP contribution in [0.3, 0.4) is 0 Å². The van der Waals surface area contributed by atoms with E-state index < -0.39 is 5.60 Å². The van der Waals surface area contributed by atoms with Crippen LogP contribution in [-0.4, -0.2) is 21.5 Å². The Morgan fingerprint density at radius 2 is 1.83 bits per heavy atom. The van der Waals surface area contributed by atoms with Crippen molar-refractivity contribution in [2.45, 2.75) is 39.7 Å². The molecule has 0 amide bonds. The van der Waals surface area contributed by atoms with E-state index in [0.717, 1.165) is 21.2 Å². The van der Waals surface area contributed by atoms with Gasteiger partial charge in [-0.15, -0.1) is 22.7 Å². The number of rotatable bonds is 3. The van der Waals surface area contributed by atoms with E-state index in [1.807, 2.05) is 45.9 Å². The van der Waals surface area contributed by atoms with Gasteiger partial charge in [0.1, 0.15) is 20.5 Å². The number of thiazole rings is 2. The summed E-state index contributed by atoms with van der Waals surface area (Å²) in [6.07, 6.45) is 0.646. The average molecular weight is 346 g/mol. The number of nitrogens with zero attached hydrogens (tertiary/aromatic N) is 2. The van der Waals surface area contributed by atoms with Gasteiger partial charge >= 0.3 is 5.97 Å². The van der Waals surface area contributed by atoms with Gasteiger partial charge < -0.3 is 4.74 Å². The van der Waals surface area contributed by atoms with Crippen LogP contribution in [0.4, 0.5) is 0 Å². The molecule has 6 heteroatoms. The first-order valence-corrected chi connectivity index (χ1v) is 8.99. The van der Waals surface area contributed by atoms with Gasteiger partial charge in [0.2, 0.25) is 0 Å². The van der Waals surface area contributed by atoms with E-state index in [2.05, 4.69) is 16.0 Å². The van der Waals surface area contributed by atoms with Crippen molar-refractivity contribution in [2.24, 2.45) is 0 Å². The number of esters is 1. The Labute approximate surface area is 143 Å². The average Bonchev–Trinajstić information content (AvgIpc) is 2.99. The molecule has 0 aliphatic rings. The molecule has 0 unspecified atom stereocenters. The highest BCUT2D eigenvalue weighted by molar-refractivity contribution is 7.18. The maximum atomic E-state index is 12.2. The maximum absolute atomic E-state index is 12.2. The lowest BCUT2D eigenvalue weighted by atomic mass is 10.2. The standard InChI is InChI=1S/C17H18N2O2S2/c1-10-15(16(20)21-17(2,3)4)23-13(18-10)9-14-19-11-7-5-6-8-12(11)22-14/h5-8H,9H2,1-4H3. The van der Waals surface area contributed by atoms with E-state index >= 15 is 0 Å². The third-order valence-corrected chi connectivity index (χ3v) is 5.24. The molecule has 3 rings (SSSR count). The van der Waals surface area contributed by atoms with Crippen LogP contribution in [-0.2, 0) is 11.2 Å². The van der Waals surface area contributed by atoms with Crippen LogP contribution in [0.1, 0.15) is 46.2 Å². The largest absolute Gasteiger partial charge is 0.456 e. The van der Waals surface area contributed by atoms with Crippen molar-refractivity contribution in [3.05, 3.63) is 44.9 Å². The van der Waals surface area contributed by atoms with E-state index in [1.54, 1.807) is 11.3 Å². The molecule has 0 radical (unpaired) electrons. The second kappa shape index (κ2) is 6.02. The first-order chi connectivity index (χ1) is 10.8. The smallest absolute Gasteiger partial charge is 0.350 e. The fourth-order valence-corrected chi connectivity index (χ4v) is 4.18. The van der Waals surface area contributed by atoms with E-state index in [0.29, 0.717) is 11.3 Å². The van der Waals surface area contributed by atoms with Gasteiger partial charge in [-0.25, -0.2) is 14.8 Å². The summed E-state index contributed by atoms with van der Waals surface area (Å²) in [6.45, 7) is 7.44. The number of ether oxygens (including phenoxy) is 1. The molecule has 1 aromatic carbocycles. The monoisotopic (exact) mass is 346 g/mol. The number of benzene rings is 1. The van der Waals surface area contributed by atoms with Gasteiger partial charge in [-0.1, -0.05) is 12.1 Å². The fourth-order valence-electron chi connectivity index (χ4n) is 2.17. The van der Waals surface area contributed by atoms with Gasteiger partial charge in [-0.2, -0.15) is 0 Å². The Bertz CT molecular complexity index is 826. The molecule has 0 saturated heterocycles. The lowest BCUT2D eigenvalue weighted by molar-refractivity contribution is 0.00742. The van der Waals surface area contributed by atoms with Crippen LogP contribution in [0.25, 0.3) is 10.2 Å². The zero-order valence-electron chi connectivity index (χ0n) is 13.5. The summed E-state index contributed by atoms with van der Waals surface area (Å²) >= 11 is 3.06. The molecule has 0 aliphatic heterocycles. The third-order valence-electron chi connectivity index (χ3n) is 3.07. The van der Waals surface area contributed by atoms with Crippen LogP contribution in [0, 0.1) is 6.92 Å². The zero-order valence-corrected chi connectivity index (χ0v) is 15.2. The minimum atomic E-state index is -0.499. The Balaban J connectivity index is 1.81. The van der Waals surface area contributed by atoms with Gasteiger partial charge in [0, 0.05) is 0 Å². The summed E-state index contributed by atoms with van der Waals surface area (Å²) < 4.78 is 6.60. The molecule has 0 spiro atoms. The molecule has 0 bridgehead atoms. The zero-order chi connectivity index (χ0) is 16.6. The highest BCUT2D eigenvalue weighted by Gasteiger charge is 2.22. The van der Waals surface area contributed by atoms with Gasteiger partial charge in [0.05, 0.1) is 22.3 Å². The van der Waals surface area contributed by atoms with Crippen molar-refractivity contribution in [1.82, 2.24) is 9.97 Å². The Morgan fingerprint density at radius 3 is 2.52 bits per heavy atom. The number of carbonyl (C=O) groups excluding carboxylic acids is 1. The fraction of sp³-hybridized carbons (Fsp3) is 0.353. The number of fused-ring (bicyclic) bond motifs is 1. The summed E-state index contributed by atoms with van der Waals surface area (Å²) in [5.41, 5.74) is 1.23. The molecule has 0 aliphatic carbocycles. The second-order valence-electron chi connectivity index (χ2n) is 6.28. The predicted molar refractivity (Wildman–Crippen MR) is 94.4 cm³/mol. The lowest BCUT2D eigenvalue weighted by Crippen LogP contribution is -2.23. The molecule has 0 fully saturated rings. The molecular weight excluding hydrogens is 328 g/mol. The number of aromatic nitrogens is 2. The Morgan fingerprint density at radius 1 is 1.13 bits per heavy atom. The summed E-state index contributed by atoms with van der Waals surface area (Å²) in [5, 5.41) is 1.90. The first kappa shape index (κ1) is 16.1. The van der Waals surface area contributed by atoms with Crippen molar-refractivity contribution < 1.29 is 9.53 Å². The minimum absolute atomic E-state index is 0.303. The highest BCUT2D eigenvalue weighted by atomic mass is 32.1. The lowest BCUT2D eigenvalue weighted by Gasteiger charge is -2.18. The van der Waals surface area contributed by atoms with Crippen LogP contribution in [0.5, 0.6) is 0 Å². The molecule has 4 nitrogen and oxygen atoms in total. The second-order valence-corrected chi connectivity index (χ2v) is 8.47. The predicted octanol–water partition coefficient (Wildman–Crippen LogP) is 4.61. The molecule has 23 heavy (non-hydrogen) atoms. The van der Waals surface area contributed by atoms with E-state index in [1.165, 1.54) is 16.0 Å². The van der Waals surface area contributed by atoms with Crippen molar-refractivity contribution in [3.8, 4) is 0 Å². The molecule has 120 valence electrons. The Kier molecular flexibility index (Phi) is 4.21. The van der Waals surface area contributed by atoms with Crippen LogP contribution in [0.2, 0.25) is 0 Å². The van der Waals surface area contributed by atoms with Gasteiger partial charge in [0.25, 0.3) is 0 Å². The van der Waals surface area contributed by atoms with Crippen LogP contribution >= 0.6 is 22.7 Å². The molecular formula is C17H18N2O2S2. The van der Waals surface area contributed by atoms with Crippen molar-refractivity contribution in [2.75, 3.05) is 0 Å². The third kappa shape index (κ3) is 3.76. The van der Waals surface area contributed by atoms with Crippen molar-refractivity contribution >= 4 is 38.9 Å². The molecule has 0 saturated carbocycles. The maximum Gasteiger partial charge on any atom is 0.350 e. The van der Waals surface area contributed by atoms with Gasteiger partial charge in [-0.3, -0.25) is 0 Å². The normalized spacial score (nSPS) is 11.8. The number of hydrogen-bond donors (Lipinski definition) is 0. The quantitative estimate of drug-likeness (QED) is 0.650. The van der Waals surface area contributed by atoms with Gasteiger partial charge in [0.15, 0.2) is 0 Å². The number of hydrogen-bond acceptors (Lipinski definition) is 6. The molecule has 0 N–H and O–H groups in total. The Hall–Kier alpha value is -1.79. The van der Waals surface area contributed by atoms with Gasteiger partial charge in [-0.05, 0) is 39.8 Å². The van der Waals surface area contributed by atoms with E-state index in [4.69, 9.17) is 4.74 Å². The minimum Gasteiger partial charge on any atom is -0.456 e. The number of carbonyl (C=O) groups is 1. The van der Waals surface area contributed by atoms with Crippen molar-refractivity contribution in [3.63, 3.8) is 0 Å². The topological polar surface area (TPSA) is 52.1 Å². The molecule has 2 heterocycles. The van der Waals surface area contributed by atoms with Crippen LogP contribution in [0.15, 0.2) is 24.3 Å². The number of para-hydroxylation sites is 1. The SMILES string of the molecule is Cc1nc(Cc2nc3ccccc3s2)sc1C(=O)OC(C)(C)C. The molecule has 2 aromatic heterocycles. The number of aryl methyl sites for hydroxylation is 1. The van der Waals surface area contributed by atoms with E-state index in [-0.39, 0.29) is 5.97 Å². The highest BCUT2D eigenvalue weighted by Crippen LogP contribution is 2.27. The summed E-state index contributed by atoms with van der Waals surface area (Å²) in [7, 11) is 0. The first-order valence-electron chi connectivity index (χ1n) is 7.36. The molecule has 3 aromatic rings. The van der Waals surface area contributed by atoms with E-state index in [9.17, 15) is 4.79 Å². The summed E-state index contributed by atoms with van der Waals surface area (Å²) in [6, 6.07) is 8.07. The molecule has 0 atom stereocenters. The summed E-state index contributed by atoms with van der Waals surface area (Å²) in [4.78, 5) is 21.9. The summed E-state index contributed by atoms with van der Waals surface area (Å²) in [5.74, 6) is -0.303. The van der Waals surface area contributed by atoms with Crippen molar-refractivity contribution in [1.29, 1.82) is 0 Å². The van der Waals surface area contributed by atoms with Crippen LogP contribution < -0.4 is 0 Å².